The normalized spacial score (nSPS) is 16.9. The Kier molecular flexibility index (Phi) is 5.79. The number of hydrogen-bond acceptors (Lipinski definition) is 3. The molecule has 4 rings (SSSR count). The number of nitrogens with zero attached hydrogens (tertiary/aromatic N) is 5. The molecule has 6 heteroatoms. The molecule has 1 aliphatic rings. The predicted molar refractivity (Wildman–Crippen MR) is 113 cm³/mol. The highest BCUT2D eigenvalue weighted by Crippen LogP contribution is 2.23. The number of benzene rings is 1. The van der Waals surface area contributed by atoms with Crippen LogP contribution >= 0.6 is 0 Å². The molecule has 1 fully saturated rings. The van der Waals surface area contributed by atoms with Gasteiger partial charge in [-0.2, -0.15) is 10.2 Å². The Hall–Kier alpha value is -2.89. The van der Waals surface area contributed by atoms with E-state index in [-0.39, 0.29) is 11.9 Å². The summed E-state index contributed by atoms with van der Waals surface area (Å²) in [5, 5.41) is 8.81. The minimum atomic E-state index is 0.146. The molecule has 152 valence electrons. The summed E-state index contributed by atoms with van der Waals surface area (Å²) in [7, 11) is 0. The van der Waals surface area contributed by atoms with Crippen molar-refractivity contribution >= 4 is 5.91 Å². The number of amides is 1. The van der Waals surface area contributed by atoms with Crippen molar-refractivity contribution in [3.63, 3.8) is 0 Å². The Labute approximate surface area is 172 Å². The molecular weight excluding hydrogens is 362 g/mol. The summed E-state index contributed by atoms with van der Waals surface area (Å²) in [6, 6.07) is 12.3. The smallest absolute Gasteiger partial charge is 0.254 e. The molecule has 2 aromatic heterocycles. The molecule has 0 aliphatic carbocycles. The number of likely N-dealkylation sites (tertiary alicyclic amines) is 1. The number of carbonyl (C=O) groups is 1. The van der Waals surface area contributed by atoms with Crippen LogP contribution in [0.2, 0.25) is 0 Å². The van der Waals surface area contributed by atoms with Gasteiger partial charge in [-0.15, -0.1) is 0 Å². The van der Waals surface area contributed by atoms with Crippen molar-refractivity contribution in [1.29, 1.82) is 0 Å². The fourth-order valence-electron chi connectivity index (χ4n) is 4.21. The molecule has 6 nitrogen and oxygen atoms in total. The Morgan fingerprint density at radius 1 is 1.17 bits per heavy atom. The zero-order valence-electron chi connectivity index (χ0n) is 17.3. The Morgan fingerprint density at radius 2 is 2.00 bits per heavy atom. The standard InChI is InChI=1S/C23H29N5O/c1-18-16-19(2)28(25-18)17-20-7-9-21(10-8-20)23(29)27-14-4-3-6-22(27)11-15-26-13-5-12-24-26/h5,7-10,12-13,16,22H,3-4,6,11,14-15,17H2,1-2H3/t22-/m0/s1. The molecule has 1 amide bonds. The van der Waals surface area contributed by atoms with Crippen LogP contribution < -0.4 is 0 Å². The van der Waals surface area contributed by atoms with E-state index in [1.807, 2.05) is 52.8 Å². The van der Waals surface area contributed by atoms with Gasteiger partial charge in [-0.05, 0) is 69.4 Å². The lowest BCUT2D eigenvalue weighted by molar-refractivity contribution is 0.0594. The first kappa shape index (κ1) is 19.4. The number of hydrogen-bond donors (Lipinski definition) is 0. The summed E-state index contributed by atoms with van der Waals surface area (Å²) in [4.78, 5) is 15.3. The minimum Gasteiger partial charge on any atom is -0.336 e. The van der Waals surface area contributed by atoms with Gasteiger partial charge in [-0.1, -0.05) is 12.1 Å². The topological polar surface area (TPSA) is 56.0 Å². The van der Waals surface area contributed by atoms with Gasteiger partial charge in [0.15, 0.2) is 0 Å². The van der Waals surface area contributed by atoms with Crippen molar-refractivity contribution in [3.8, 4) is 0 Å². The molecule has 0 N–H and O–H groups in total. The lowest BCUT2D eigenvalue weighted by Gasteiger charge is -2.36. The van der Waals surface area contributed by atoms with Crippen LogP contribution in [0.15, 0.2) is 48.8 Å². The quantitative estimate of drug-likeness (QED) is 0.642. The van der Waals surface area contributed by atoms with Crippen LogP contribution in [0.1, 0.15) is 53.0 Å². The van der Waals surface area contributed by atoms with Crippen molar-refractivity contribution in [2.24, 2.45) is 0 Å². The maximum absolute atomic E-state index is 13.2. The van der Waals surface area contributed by atoms with Gasteiger partial charge in [0.2, 0.25) is 0 Å². The average Bonchev–Trinajstić information content (AvgIpc) is 3.36. The first-order valence-corrected chi connectivity index (χ1v) is 10.5. The number of rotatable bonds is 6. The van der Waals surface area contributed by atoms with Crippen LogP contribution in [-0.4, -0.2) is 43.0 Å². The number of carbonyl (C=O) groups excluding carboxylic acids is 1. The molecule has 0 radical (unpaired) electrons. The minimum absolute atomic E-state index is 0.146. The molecule has 0 saturated carbocycles. The fraction of sp³-hybridized carbons (Fsp3) is 0.435. The van der Waals surface area contributed by atoms with Gasteiger partial charge in [0.05, 0.1) is 12.2 Å². The van der Waals surface area contributed by atoms with E-state index in [1.165, 1.54) is 6.42 Å². The van der Waals surface area contributed by atoms with Crippen molar-refractivity contribution in [1.82, 2.24) is 24.5 Å². The predicted octanol–water partition coefficient (Wildman–Crippen LogP) is 3.83. The lowest BCUT2D eigenvalue weighted by atomic mass is 9.98. The molecule has 1 aliphatic heterocycles. The van der Waals surface area contributed by atoms with E-state index in [2.05, 4.69) is 28.1 Å². The van der Waals surface area contributed by atoms with E-state index in [0.29, 0.717) is 0 Å². The van der Waals surface area contributed by atoms with Crippen LogP contribution in [0.4, 0.5) is 0 Å². The average molecular weight is 392 g/mol. The van der Waals surface area contributed by atoms with Gasteiger partial charge in [-0.25, -0.2) is 0 Å². The molecule has 1 atom stereocenters. The van der Waals surface area contributed by atoms with E-state index in [0.717, 1.165) is 61.4 Å². The summed E-state index contributed by atoms with van der Waals surface area (Å²) in [5.74, 6) is 0.146. The van der Waals surface area contributed by atoms with Crippen molar-refractivity contribution in [3.05, 3.63) is 71.3 Å². The molecule has 3 heterocycles. The van der Waals surface area contributed by atoms with E-state index >= 15 is 0 Å². The third kappa shape index (κ3) is 4.58. The Bertz CT molecular complexity index is 942. The molecule has 29 heavy (non-hydrogen) atoms. The van der Waals surface area contributed by atoms with Crippen LogP contribution in [0, 0.1) is 13.8 Å². The second-order valence-corrected chi connectivity index (χ2v) is 7.99. The third-order valence-corrected chi connectivity index (χ3v) is 5.78. The number of piperidine rings is 1. The van der Waals surface area contributed by atoms with E-state index in [4.69, 9.17) is 0 Å². The van der Waals surface area contributed by atoms with Crippen molar-refractivity contribution < 1.29 is 4.79 Å². The van der Waals surface area contributed by atoms with E-state index < -0.39 is 0 Å². The molecule has 1 saturated heterocycles. The highest BCUT2D eigenvalue weighted by molar-refractivity contribution is 5.94. The molecule has 0 bridgehead atoms. The highest BCUT2D eigenvalue weighted by atomic mass is 16.2. The van der Waals surface area contributed by atoms with Gasteiger partial charge >= 0.3 is 0 Å². The zero-order valence-corrected chi connectivity index (χ0v) is 17.3. The largest absolute Gasteiger partial charge is 0.336 e. The highest BCUT2D eigenvalue weighted by Gasteiger charge is 2.27. The summed E-state index contributed by atoms with van der Waals surface area (Å²) in [6.45, 7) is 6.49. The Balaban J connectivity index is 1.42. The Morgan fingerprint density at radius 3 is 2.69 bits per heavy atom. The zero-order chi connectivity index (χ0) is 20.2. The number of aryl methyl sites for hydroxylation is 3. The van der Waals surface area contributed by atoms with Crippen molar-refractivity contribution in [2.75, 3.05) is 6.54 Å². The monoisotopic (exact) mass is 391 g/mol. The van der Waals surface area contributed by atoms with Crippen LogP contribution in [-0.2, 0) is 13.1 Å². The van der Waals surface area contributed by atoms with Gasteiger partial charge < -0.3 is 4.90 Å². The van der Waals surface area contributed by atoms with Gasteiger partial charge in [-0.3, -0.25) is 14.2 Å². The molecule has 0 spiro atoms. The molecule has 1 aromatic carbocycles. The van der Waals surface area contributed by atoms with Crippen molar-refractivity contribution in [2.45, 2.75) is 58.7 Å². The maximum Gasteiger partial charge on any atom is 0.254 e. The summed E-state index contributed by atoms with van der Waals surface area (Å²) in [5.41, 5.74) is 4.10. The summed E-state index contributed by atoms with van der Waals surface area (Å²) < 4.78 is 3.95. The SMILES string of the molecule is Cc1cc(C)n(Cc2ccc(C(=O)N3CCCC[C@H]3CCn3cccn3)cc2)n1. The van der Waals surface area contributed by atoms with Crippen LogP contribution in [0.3, 0.4) is 0 Å². The molecular formula is C23H29N5O. The van der Waals surface area contributed by atoms with Gasteiger partial charge in [0, 0.05) is 42.8 Å². The van der Waals surface area contributed by atoms with E-state index in [1.54, 1.807) is 6.20 Å². The summed E-state index contributed by atoms with van der Waals surface area (Å²) >= 11 is 0. The van der Waals surface area contributed by atoms with E-state index in [9.17, 15) is 4.79 Å². The second kappa shape index (κ2) is 8.64. The third-order valence-electron chi connectivity index (χ3n) is 5.78. The molecule has 3 aromatic rings. The number of aromatic nitrogens is 4. The first-order chi connectivity index (χ1) is 14.1. The lowest BCUT2D eigenvalue weighted by Crippen LogP contribution is -2.44. The van der Waals surface area contributed by atoms with Crippen LogP contribution in [0.5, 0.6) is 0 Å². The second-order valence-electron chi connectivity index (χ2n) is 7.99. The van der Waals surface area contributed by atoms with Gasteiger partial charge in [0.1, 0.15) is 0 Å². The first-order valence-electron chi connectivity index (χ1n) is 10.5. The fourth-order valence-corrected chi connectivity index (χ4v) is 4.21. The van der Waals surface area contributed by atoms with Crippen LogP contribution in [0.25, 0.3) is 0 Å². The van der Waals surface area contributed by atoms with Gasteiger partial charge in [0.25, 0.3) is 5.91 Å². The molecule has 0 unspecified atom stereocenters. The maximum atomic E-state index is 13.2. The summed E-state index contributed by atoms with van der Waals surface area (Å²) in [6.07, 6.45) is 8.08.